The molecule has 146 valence electrons. The Hall–Kier alpha value is -0.830. The van der Waals surface area contributed by atoms with Crippen molar-refractivity contribution < 1.29 is 0 Å². The van der Waals surface area contributed by atoms with Gasteiger partial charge in [-0.3, -0.25) is 14.6 Å². The van der Waals surface area contributed by atoms with Crippen LogP contribution in [0, 0.1) is 5.92 Å². The van der Waals surface area contributed by atoms with Crippen molar-refractivity contribution in [2.75, 3.05) is 26.2 Å². The third-order valence-corrected chi connectivity index (χ3v) is 3.95. The van der Waals surface area contributed by atoms with Gasteiger partial charge >= 0.3 is 0 Å². The van der Waals surface area contributed by atoms with Gasteiger partial charge in [-0.25, -0.2) is 0 Å². The normalized spacial score (nSPS) is 13.2. The van der Waals surface area contributed by atoms with E-state index in [1.807, 2.05) is 23.1 Å². The summed E-state index contributed by atoms with van der Waals surface area (Å²) in [7, 11) is 0. The molecular formula is C18H37IN6. The lowest BCUT2D eigenvalue weighted by Crippen LogP contribution is -2.45. The number of guanidine groups is 1. The van der Waals surface area contributed by atoms with Crippen LogP contribution in [0.25, 0.3) is 0 Å². The van der Waals surface area contributed by atoms with E-state index in [2.05, 4.69) is 62.2 Å². The van der Waals surface area contributed by atoms with Crippen molar-refractivity contribution in [3.8, 4) is 0 Å². The highest BCUT2D eigenvalue weighted by atomic mass is 127. The van der Waals surface area contributed by atoms with Crippen LogP contribution in [0.3, 0.4) is 0 Å². The molecule has 0 aliphatic heterocycles. The SMILES string of the molecule is CCNC(=NCC(C)Cn1cccn1)NCCN(C(C)C)C(C)C.I. The van der Waals surface area contributed by atoms with Gasteiger partial charge in [0.25, 0.3) is 0 Å². The topological polar surface area (TPSA) is 57.5 Å². The first-order valence-electron chi connectivity index (χ1n) is 9.19. The largest absolute Gasteiger partial charge is 0.357 e. The summed E-state index contributed by atoms with van der Waals surface area (Å²) in [5.74, 6) is 1.35. The van der Waals surface area contributed by atoms with Crippen molar-refractivity contribution >= 4 is 29.9 Å². The predicted octanol–water partition coefficient (Wildman–Crippen LogP) is 2.81. The second-order valence-electron chi connectivity index (χ2n) is 6.90. The molecule has 1 aromatic rings. The zero-order valence-electron chi connectivity index (χ0n) is 16.7. The highest BCUT2D eigenvalue weighted by molar-refractivity contribution is 14.0. The minimum absolute atomic E-state index is 0. The molecule has 0 saturated heterocycles. The van der Waals surface area contributed by atoms with E-state index in [1.165, 1.54) is 0 Å². The Labute approximate surface area is 170 Å². The molecule has 0 bridgehead atoms. The Morgan fingerprint density at radius 2 is 1.84 bits per heavy atom. The Morgan fingerprint density at radius 1 is 1.16 bits per heavy atom. The second-order valence-corrected chi connectivity index (χ2v) is 6.90. The van der Waals surface area contributed by atoms with Gasteiger partial charge in [0, 0.05) is 57.2 Å². The molecule has 0 radical (unpaired) electrons. The standard InChI is InChI=1S/C18H36N6.HI/c1-7-19-18(20-10-12-24(15(2)3)16(4)5)21-13-17(6)14-23-11-8-9-22-23;/h8-9,11,15-17H,7,10,12-14H2,1-6H3,(H2,19,20,21);1H. The van der Waals surface area contributed by atoms with E-state index in [9.17, 15) is 0 Å². The maximum Gasteiger partial charge on any atom is 0.191 e. The fraction of sp³-hybridized carbons (Fsp3) is 0.778. The van der Waals surface area contributed by atoms with Crippen molar-refractivity contribution in [2.24, 2.45) is 10.9 Å². The number of halogens is 1. The first-order chi connectivity index (χ1) is 11.4. The average molecular weight is 464 g/mol. The van der Waals surface area contributed by atoms with E-state index >= 15 is 0 Å². The maximum atomic E-state index is 4.72. The van der Waals surface area contributed by atoms with Crippen LogP contribution < -0.4 is 10.6 Å². The van der Waals surface area contributed by atoms with Gasteiger partial charge in [0.15, 0.2) is 5.96 Å². The van der Waals surface area contributed by atoms with Gasteiger partial charge < -0.3 is 10.6 Å². The molecule has 0 spiro atoms. The van der Waals surface area contributed by atoms with Gasteiger partial charge in [0.05, 0.1) is 0 Å². The second kappa shape index (κ2) is 13.4. The molecule has 1 heterocycles. The van der Waals surface area contributed by atoms with Crippen molar-refractivity contribution in [3.05, 3.63) is 18.5 Å². The summed E-state index contributed by atoms with van der Waals surface area (Å²) in [4.78, 5) is 7.20. The van der Waals surface area contributed by atoms with Gasteiger partial charge in [0.1, 0.15) is 0 Å². The molecule has 2 N–H and O–H groups in total. The number of aromatic nitrogens is 2. The minimum atomic E-state index is 0. The van der Waals surface area contributed by atoms with Crippen LogP contribution >= 0.6 is 24.0 Å². The molecule has 1 unspecified atom stereocenters. The van der Waals surface area contributed by atoms with E-state index < -0.39 is 0 Å². The molecule has 0 fully saturated rings. The molecule has 7 heteroatoms. The average Bonchev–Trinajstić information content (AvgIpc) is 3.01. The third-order valence-electron chi connectivity index (χ3n) is 3.95. The lowest BCUT2D eigenvalue weighted by atomic mass is 10.2. The summed E-state index contributed by atoms with van der Waals surface area (Å²) in [6.45, 7) is 17.7. The van der Waals surface area contributed by atoms with E-state index in [1.54, 1.807) is 0 Å². The molecule has 25 heavy (non-hydrogen) atoms. The Morgan fingerprint density at radius 3 is 2.36 bits per heavy atom. The van der Waals surface area contributed by atoms with Crippen LogP contribution in [0.2, 0.25) is 0 Å². The molecule has 1 atom stereocenters. The zero-order valence-corrected chi connectivity index (χ0v) is 19.0. The smallest absolute Gasteiger partial charge is 0.191 e. The lowest BCUT2D eigenvalue weighted by Gasteiger charge is -2.30. The highest BCUT2D eigenvalue weighted by Crippen LogP contribution is 2.03. The van der Waals surface area contributed by atoms with Crippen LogP contribution in [-0.2, 0) is 6.54 Å². The minimum Gasteiger partial charge on any atom is -0.357 e. The molecule has 0 aromatic carbocycles. The lowest BCUT2D eigenvalue weighted by molar-refractivity contribution is 0.178. The van der Waals surface area contributed by atoms with Crippen LogP contribution in [0.1, 0.15) is 41.5 Å². The number of nitrogens with zero attached hydrogens (tertiary/aromatic N) is 4. The monoisotopic (exact) mass is 464 g/mol. The molecule has 0 amide bonds. The van der Waals surface area contributed by atoms with Gasteiger partial charge in [-0.15, -0.1) is 24.0 Å². The summed E-state index contributed by atoms with van der Waals surface area (Å²) >= 11 is 0. The first kappa shape index (κ1) is 24.2. The van der Waals surface area contributed by atoms with E-state index in [0.717, 1.165) is 38.7 Å². The molecule has 0 saturated carbocycles. The Balaban J connectivity index is 0.00000576. The summed E-state index contributed by atoms with van der Waals surface area (Å²) in [5, 5.41) is 11.0. The van der Waals surface area contributed by atoms with Crippen LogP contribution in [0.5, 0.6) is 0 Å². The molecular weight excluding hydrogens is 427 g/mol. The van der Waals surface area contributed by atoms with Crippen LogP contribution in [0.15, 0.2) is 23.5 Å². The van der Waals surface area contributed by atoms with Crippen LogP contribution in [0.4, 0.5) is 0 Å². The van der Waals surface area contributed by atoms with E-state index in [-0.39, 0.29) is 24.0 Å². The highest BCUT2D eigenvalue weighted by Gasteiger charge is 2.12. The van der Waals surface area contributed by atoms with Gasteiger partial charge in [-0.05, 0) is 46.6 Å². The number of hydrogen-bond acceptors (Lipinski definition) is 3. The van der Waals surface area contributed by atoms with Crippen molar-refractivity contribution in [1.82, 2.24) is 25.3 Å². The summed E-state index contributed by atoms with van der Waals surface area (Å²) in [5.41, 5.74) is 0. The molecule has 6 nitrogen and oxygen atoms in total. The molecule has 0 aliphatic rings. The fourth-order valence-electron chi connectivity index (χ4n) is 2.79. The first-order valence-corrected chi connectivity index (χ1v) is 9.19. The quantitative estimate of drug-likeness (QED) is 0.318. The Kier molecular flexibility index (Phi) is 12.9. The zero-order chi connectivity index (χ0) is 17.9. The van der Waals surface area contributed by atoms with Crippen molar-refractivity contribution in [3.63, 3.8) is 0 Å². The number of aliphatic imine (C=N–C) groups is 1. The number of nitrogens with one attached hydrogen (secondary N) is 2. The molecule has 1 rings (SSSR count). The van der Waals surface area contributed by atoms with Gasteiger partial charge in [-0.2, -0.15) is 5.10 Å². The Bertz CT molecular complexity index is 450. The molecule has 0 aliphatic carbocycles. The van der Waals surface area contributed by atoms with E-state index in [4.69, 9.17) is 4.99 Å². The van der Waals surface area contributed by atoms with Gasteiger partial charge in [0.2, 0.25) is 0 Å². The summed E-state index contributed by atoms with van der Waals surface area (Å²) in [6, 6.07) is 3.07. The van der Waals surface area contributed by atoms with Crippen LogP contribution in [-0.4, -0.2) is 58.9 Å². The van der Waals surface area contributed by atoms with Crippen molar-refractivity contribution in [2.45, 2.75) is 60.2 Å². The van der Waals surface area contributed by atoms with Gasteiger partial charge in [-0.1, -0.05) is 6.92 Å². The fourth-order valence-corrected chi connectivity index (χ4v) is 2.79. The molecule has 1 aromatic heterocycles. The number of rotatable bonds is 10. The predicted molar refractivity (Wildman–Crippen MR) is 118 cm³/mol. The summed E-state index contributed by atoms with van der Waals surface area (Å²) < 4.78 is 1.96. The third kappa shape index (κ3) is 10.0. The van der Waals surface area contributed by atoms with E-state index in [0.29, 0.717) is 18.0 Å². The number of hydrogen-bond donors (Lipinski definition) is 2. The van der Waals surface area contributed by atoms with Crippen molar-refractivity contribution in [1.29, 1.82) is 0 Å². The maximum absolute atomic E-state index is 4.72. The summed E-state index contributed by atoms with van der Waals surface area (Å²) in [6.07, 6.45) is 3.81.